The number of carbonyl (C=O) groups excluding carboxylic acids is 2. The second-order valence-corrected chi connectivity index (χ2v) is 8.08. The van der Waals surface area contributed by atoms with Gasteiger partial charge in [0, 0.05) is 0 Å². The van der Waals surface area contributed by atoms with E-state index in [-0.39, 0.29) is 11.7 Å². The highest BCUT2D eigenvalue weighted by atomic mass is 32.1. The molecule has 0 aliphatic carbocycles. The Bertz CT molecular complexity index is 918. The smallest absolute Gasteiger partial charge is 0.276 e. The molecule has 8 heteroatoms. The van der Waals surface area contributed by atoms with E-state index in [9.17, 15) is 9.59 Å². The maximum absolute atomic E-state index is 12.6. The van der Waals surface area contributed by atoms with Gasteiger partial charge in [-0.3, -0.25) is 25.8 Å². The van der Waals surface area contributed by atoms with Crippen LogP contribution in [0.4, 0.5) is 0 Å². The third-order valence-electron chi connectivity index (χ3n) is 5.11. The lowest BCUT2D eigenvalue weighted by molar-refractivity contribution is -0.123. The fourth-order valence-corrected chi connectivity index (χ4v) is 3.10. The molecule has 0 aliphatic heterocycles. The molecule has 0 saturated carbocycles. The Morgan fingerprint density at radius 3 is 2.39 bits per heavy atom. The minimum Gasteiger partial charge on any atom is -0.493 e. The molecule has 33 heavy (non-hydrogen) atoms. The van der Waals surface area contributed by atoms with Gasteiger partial charge in [-0.1, -0.05) is 57.9 Å². The maximum atomic E-state index is 12.6. The van der Waals surface area contributed by atoms with E-state index in [0.717, 1.165) is 25.7 Å². The molecular formula is C25H33N3O4S. The van der Waals surface area contributed by atoms with Crippen molar-refractivity contribution in [3.05, 3.63) is 59.7 Å². The van der Waals surface area contributed by atoms with Crippen LogP contribution in [0.15, 0.2) is 48.5 Å². The zero-order valence-corrected chi connectivity index (χ0v) is 20.3. The second kappa shape index (κ2) is 14.1. The van der Waals surface area contributed by atoms with Crippen molar-refractivity contribution in [2.75, 3.05) is 13.2 Å². The minimum atomic E-state index is -0.433. The number of para-hydroxylation sites is 1. The van der Waals surface area contributed by atoms with Crippen molar-refractivity contribution in [3.63, 3.8) is 0 Å². The Kier molecular flexibility index (Phi) is 11.2. The van der Waals surface area contributed by atoms with E-state index >= 15 is 0 Å². The number of amides is 2. The molecule has 2 amide bonds. The highest BCUT2D eigenvalue weighted by Crippen LogP contribution is 2.21. The van der Waals surface area contributed by atoms with Gasteiger partial charge in [-0.05, 0) is 60.8 Å². The summed E-state index contributed by atoms with van der Waals surface area (Å²) in [5, 5.41) is 2.50. The molecule has 1 unspecified atom stereocenters. The Morgan fingerprint density at radius 2 is 1.70 bits per heavy atom. The molecule has 1 atom stereocenters. The molecule has 2 aromatic carbocycles. The van der Waals surface area contributed by atoms with Crippen molar-refractivity contribution in [2.24, 2.45) is 0 Å². The lowest BCUT2D eigenvalue weighted by Crippen LogP contribution is -2.49. The van der Waals surface area contributed by atoms with Crippen LogP contribution < -0.4 is 25.6 Å². The summed E-state index contributed by atoms with van der Waals surface area (Å²) in [5.74, 6) is 0.708. The number of thiocarbonyl (C=S) groups is 1. The van der Waals surface area contributed by atoms with Gasteiger partial charge in [-0.15, -0.1) is 0 Å². The number of ether oxygens (including phenoxy) is 2. The molecule has 2 aromatic rings. The first-order valence-corrected chi connectivity index (χ1v) is 11.7. The van der Waals surface area contributed by atoms with Crippen molar-refractivity contribution in [3.8, 4) is 11.5 Å². The normalized spacial score (nSPS) is 11.2. The lowest BCUT2D eigenvalue weighted by atomic mass is 9.99. The van der Waals surface area contributed by atoms with Crippen LogP contribution in [0.2, 0.25) is 0 Å². The van der Waals surface area contributed by atoms with Crippen LogP contribution in [0.1, 0.15) is 68.3 Å². The SMILES string of the molecule is CCCCCOc1ccccc1C(=O)NC(=S)NNC(=O)COc1ccc(C(C)CC)cc1. The Hall–Kier alpha value is -3.13. The average molecular weight is 472 g/mol. The van der Waals surface area contributed by atoms with Crippen molar-refractivity contribution >= 4 is 29.1 Å². The molecule has 0 radical (unpaired) electrons. The molecule has 0 heterocycles. The van der Waals surface area contributed by atoms with E-state index in [1.54, 1.807) is 24.3 Å². The number of benzene rings is 2. The van der Waals surface area contributed by atoms with Crippen LogP contribution in [0.5, 0.6) is 11.5 Å². The second-order valence-electron chi connectivity index (χ2n) is 7.68. The quantitative estimate of drug-likeness (QED) is 0.254. The molecule has 0 spiro atoms. The standard InChI is InChI=1S/C25H33N3O4S/c1-4-6-9-16-31-22-11-8-7-10-21(22)24(30)26-25(33)28-27-23(29)17-32-20-14-12-19(13-15-20)18(3)5-2/h7-8,10-15,18H,4-6,9,16-17H2,1-3H3,(H,27,29)(H2,26,28,30,33). The summed E-state index contributed by atoms with van der Waals surface area (Å²) in [7, 11) is 0. The Labute approximate surface area is 201 Å². The van der Waals surface area contributed by atoms with Gasteiger partial charge in [0.1, 0.15) is 11.5 Å². The molecule has 0 bridgehead atoms. The number of carbonyl (C=O) groups is 2. The maximum Gasteiger partial charge on any atom is 0.276 e. The van der Waals surface area contributed by atoms with Crippen molar-refractivity contribution < 1.29 is 19.1 Å². The van der Waals surface area contributed by atoms with E-state index in [0.29, 0.717) is 29.6 Å². The number of hydrogen-bond donors (Lipinski definition) is 3. The fraction of sp³-hybridized carbons (Fsp3) is 0.400. The Morgan fingerprint density at radius 1 is 0.970 bits per heavy atom. The molecule has 7 nitrogen and oxygen atoms in total. The third-order valence-corrected chi connectivity index (χ3v) is 5.32. The number of nitrogens with one attached hydrogen (secondary N) is 3. The fourth-order valence-electron chi connectivity index (χ4n) is 2.96. The number of hydrazine groups is 1. The lowest BCUT2D eigenvalue weighted by Gasteiger charge is -2.14. The average Bonchev–Trinajstić information content (AvgIpc) is 2.84. The summed E-state index contributed by atoms with van der Waals surface area (Å²) < 4.78 is 11.2. The van der Waals surface area contributed by atoms with E-state index in [4.69, 9.17) is 21.7 Å². The van der Waals surface area contributed by atoms with Gasteiger partial charge in [-0.25, -0.2) is 0 Å². The summed E-state index contributed by atoms with van der Waals surface area (Å²) in [6, 6.07) is 14.6. The van der Waals surface area contributed by atoms with Crippen molar-refractivity contribution in [1.29, 1.82) is 0 Å². The van der Waals surface area contributed by atoms with E-state index < -0.39 is 11.8 Å². The molecule has 0 fully saturated rings. The van der Waals surface area contributed by atoms with Crippen molar-refractivity contribution in [2.45, 2.75) is 52.4 Å². The Balaban J connectivity index is 1.76. The molecule has 178 valence electrons. The third kappa shape index (κ3) is 9.10. The molecule has 0 aliphatic rings. The van der Waals surface area contributed by atoms with Crippen molar-refractivity contribution in [1.82, 2.24) is 16.2 Å². The topological polar surface area (TPSA) is 88.7 Å². The van der Waals surface area contributed by atoms with Gasteiger partial charge in [0.05, 0.1) is 12.2 Å². The summed E-state index contributed by atoms with van der Waals surface area (Å²) in [6.07, 6.45) is 4.13. The summed E-state index contributed by atoms with van der Waals surface area (Å²) in [5.41, 5.74) is 6.52. The summed E-state index contributed by atoms with van der Waals surface area (Å²) >= 11 is 5.10. The first-order chi connectivity index (χ1) is 15.9. The minimum absolute atomic E-state index is 0.0351. The highest BCUT2D eigenvalue weighted by molar-refractivity contribution is 7.80. The summed E-state index contributed by atoms with van der Waals surface area (Å²) in [4.78, 5) is 24.6. The van der Waals surface area contributed by atoms with E-state index in [2.05, 4.69) is 36.9 Å². The first kappa shape index (κ1) is 26.1. The predicted octanol–water partition coefficient (Wildman–Crippen LogP) is 4.48. The number of hydrogen-bond acceptors (Lipinski definition) is 5. The van der Waals surface area contributed by atoms with Crippen LogP contribution in [0.25, 0.3) is 0 Å². The van der Waals surface area contributed by atoms with Crippen LogP contribution in [-0.4, -0.2) is 30.1 Å². The van der Waals surface area contributed by atoms with Gasteiger partial charge in [0.15, 0.2) is 11.7 Å². The van der Waals surface area contributed by atoms with Gasteiger partial charge in [0.25, 0.3) is 11.8 Å². The van der Waals surface area contributed by atoms with Crippen LogP contribution in [0, 0.1) is 0 Å². The first-order valence-electron chi connectivity index (χ1n) is 11.3. The molecular weight excluding hydrogens is 438 g/mol. The zero-order chi connectivity index (χ0) is 24.1. The van der Waals surface area contributed by atoms with Gasteiger partial charge in [-0.2, -0.15) is 0 Å². The molecule has 2 rings (SSSR count). The van der Waals surface area contributed by atoms with Gasteiger partial charge < -0.3 is 9.47 Å². The summed E-state index contributed by atoms with van der Waals surface area (Å²) in [6.45, 7) is 6.76. The van der Waals surface area contributed by atoms with Gasteiger partial charge >= 0.3 is 0 Å². The van der Waals surface area contributed by atoms with E-state index in [1.165, 1.54) is 5.56 Å². The molecule has 0 aromatic heterocycles. The number of rotatable bonds is 11. The monoisotopic (exact) mass is 471 g/mol. The zero-order valence-electron chi connectivity index (χ0n) is 19.5. The van der Waals surface area contributed by atoms with Crippen LogP contribution in [0.3, 0.4) is 0 Å². The highest BCUT2D eigenvalue weighted by Gasteiger charge is 2.14. The largest absolute Gasteiger partial charge is 0.493 e. The van der Waals surface area contributed by atoms with Crippen LogP contribution in [-0.2, 0) is 4.79 Å². The van der Waals surface area contributed by atoms with Gasteiger partial charge in [0.2, 0.25) is 0 Å². The predicted molar refractivity (Wildman–Crippen MR) is 133 cm³/mol. The molecule has 3 N–H and O–H groups in total. The molecule has 0 saturated heterocycles. The van der Waals surface area contributed by atoms with Crippen LogP contribution >= 0.6 is 12.2 Å². The van der Waals surface area contributed by atoms with E-state index in [1.807, 2.05) is 24.3 Å². The number of unbranched alkanes of at least 4 members (excludes halogenated alkanes) is 2.